The standard InChI is InChI=1S/C16H19NO2/c18-11-14-6-4-13(5-7-14)9-17-10-15-2-1-3-16(8-15)12-19/h1-8,17-19H,9-12H2. The van der Waals surface area contributed by atoms with Gasteiger partial charge >= 0.3 is 0 Å². The van der Waals surface area contributed by atoms with Crippen molar-refractivity contribution in [3.05, 3.63) is 70.8 Å². The first kappa shape index (κ1) is 13.7. The zero-order valence-electron chi connectivity index (χ0n) is 10.8. The van der Waals surface area contributed by atoms with Gasteiger partial charge in [0.05, 0.1) is 13.2 Å². The minimum absolute atomic E-state index is 0.0798. The SMILES string of the molecule is OCc1ccc(CNCc2cccc(CO)c2)cc1. The van der Waals surface area contributed by atoms with Gasteiger partial charge in [-0.05, 0) is 22.3 Å². The monoisotopic (exact) mass is 257 g/mol. The van der Waals surface area contributed by atoms with E-state index in [1.54, 1.807) is 0 Å². The number of hydrogen-bond donors (Lipinski definition) is 3. The molecule has 3 heteroatoms. The van der Waals surface area contributed by atoms with Crippen molar-refractivity contribution in [3.63, 3.8) is 0 Å². The Morgan fingerprint density at radius 3 is 1.95 bits per heavy atom. The maximum absolute atomic E-state index is 9.07. The van der Waals surface area contributed by atoms with Gasteiger partial charge in [-0.3, -0.25) is 0 Å². The molecule has 0 saturated carbocycles. The van der Waals surface area contributed by atoms with Crippen LogP contribution >= 0.6 is 0 Å². The largest absolute Gasteiger partial charge is 0.392 e. The molecular weight excluding hydrogens is 238 g/mol. The fourth-order valence-electron chi connectivity index (χ4n) is 1.95. The normalized spacial score (nSPS) is 10.6. The van der Waals surface area contributed by atoms with E-state index in [0.717, 1.165) is 24.2 Å². The summed E-state index contributed by atoms with van der Waals surface area (Å²) >= 11 is 0. The molecule has 19 heavy (non-hydrogen) atoms. The van der Waals surface area contributed by atoms with Crippen molar-refractivity contribution in [1.82, 2.24) is 5.32 Å². The number of rotatable bonds is 6. The number of benzene rings is 2. The van der Waals surface area contributed by atoms with E-state index in [1.165, 1.54) is 11.1 Å². The number of aliphatic hydroxyl groups is 2. The Bertz CT molecular complexity index is 508. The first-order valence-corrected chi connectivity index (χ1v) is 6.40. The molecule has 0 radical (unpaired) electrons. The Hall–Kier alpha value is -1.68. The molecule has 0 aliphatic carbocycles. The van der Waals surface area contributed by atoms with Crippen LogP contribution in [-0.2, 0) is 26.3 Å². The van der Waals surface area contributed by atoms with Crippen LogP contribution in [0.5, 0.6) is 0 Å². The first-order valence-electron chi connectivity index (χ1n) is 6.40. The van der Waals surface area contributed by atoms with E-state index in [-0.39, 0.29) is 13.2 Å². The molecule has 100 valence electrons. The third-order valence-corrected chi connectivity index (χ3v) is 3.04. The quantitative estimate of drug-likeness (QED) is 0.741. The minimum Gasteiger partial charge on any atom is -0.392 e. The van der Waals surface area contributed by atoms with Gasteiger partial charge in [0.2, 0.25) is 0 Å². The summed E-state index contributed by atoms with van der Waals surface area (Å²) in [5.41, 5.74) is 4.22. The van der Waals surface area contributed by atoms with Gasteiger partial charge in [0, 0.05) is 13.1 Å². The van der Waals surface area contributed by atoms with Gasteiger partial charge in [-0.1, -0.05) is 48.5 Å². The lowest BCUT2D eigenvalue weighted by Gasteiger charge is -2.07. The topological polar surface area (TPSA) is 52.5 Å². The second kappa shape index (κ2) is 7.04. The Morgan fingerprint density at radius 1 is 0.684 bits per heavy atom. The van der Waals surface area contributed by atoms with Crippen LogP contribution in [0.15, 0.2) is 48.5 Å². The molecular formula is C16H19NO2. The van der Waals surface area contributed by atoms with E-state index >= 15 is 0 Å². The number of hydrogen-bond acceptors (Lipinski definition) is 3. The summed E-state index contributed by atoms with van der Waals surface area (Å²) in [4.78, 5) is 0. The second-order valence-corrected chi connectivity index (χ2v) is 4.56. The van der Waals surface area contributed by atoms with E-state index < -0.39 is 0 Å². The molecule has 0 aliphatic rings. The summed E-state index contributed by atoms with van der Waals surface area (Å²) in [6, 6.07) is 15.8. The molecule has 0 bridgehead atoms. The van der Waals surface area contributed by atoms with E-state index in [9.17, 15) is 0 Å². The average molecular weight is 257 g/mol. The van der Waals surface area contributed by atoms with Crippen molar-refractivity contribution < 1.29 is 10.2 Å². The van der Waals surface area contributed by atoms with Crippen molar-refractivity contribution >= 4 is 0 Å². The molecule has 0 heterocycles. The Kier molecular flexibility index (Phi) is 5.10. The van der Waals surface area contributed by atoms with Crippen molar-refractivity contribution in [2.75, 3.05) is 0 Å². The van der Waals surface area contributed by atoms with Crippen LogP contribution in [0.2, 0.25) is 0 Å². The molecule has 0 atom stereocenters. The summed E-state index contributed by atoms with van der Waals surface area (Å²) in [5, 5.41) is 21.4. The van der Waals surface area contributed by atoms with Gasteiger partial charge in [0.25, 0.3) is 0 Å². The Labute approximate surface area is 113 Å². The highest BCUT2D eigenvalue weighted by molar-refractivity contribution is 5.24. The fraction of sp³-hybridized carbons (Fsp3) is 0.250. The zero-order valence-corrected chi connectivity index (χ0v) is 10.8. The van der Waals surface area contributed by atoms with Gasteiger partial charge in [0.1, 0.15) is 0 Å². The molecule has 2 rings (SSSR count). The highest BCUT2D eigenvalue weighted by Gasteiger charge is 1.97. The van der Waals surface area contributed by atoms with Crippen LogP contribution in [0.25, 0.3) is 0 Å². The molecule has 0 unspecified atom stereocenters. The van der Waals surface area contributed by atoms with Crippen LogP contribution < -0.4 is 5.32 Å². The molecule has 0 amide bonds. The van der Waals surface area contributed by atoms with Crippen LogP contribution in [0.3, 0.4) is 0 Å². The zero-order chi connectivity index (χ0) is 13.5. The molecule has 2 aromatic carbocycles. The van der Waals surface area contributed by atoms with Crippen molar-refractivity contribution in [3.8, 4) is 0 Å². The van der Waals surface area contributed by atoms with Crippen LogP contribution in [0.1, 0.15) is 22.3 Å². The summed E-state index contributed by atoms with van der Waals surface area (Å²) < 4.78 is 0. The van der Waals surface area contributed by atoms with Gasteiger partial charge in [-0.2, -0.15) is 0 Å². The van der Waals surface area contributed by atoms with Crippen molar-refractivity contribution in [2.24, 2.45) is 0 Å². The van der Waals surface area contributed by atoms with E-state index in [4.69, 9.17) is 10.2 Å². The summed E-state index contributed by atoms with van der Waals surface area (Å²) in [5.74, 6) is 0. The summed E-state index contributed by atoms with van der Waals surface area (Å²) in [6.07, 6.45) is 0. The lowest BCUT2D eigenvalue weighted by Crippen LogP contribution is -2.12. The summed E-state index contributed by atoms with van der Waals surface area (Å²) in [7, 11) is 0. The van der Waals surface area contributed by atoms with Crippen LogP contribution in [-0.4, -0.2) is 10.2 Å². The van der Waals surface area contributed by atoms with Gasteiger partial charge in [-0.25, -0.2) is 0 Å². The minimum atomic E-state index is 0.0798. The third kappa shape index (κ3) is 4.17. The lowest BCUT2D eigenvalue weighted by atomic mass is 10.1. The average Bonchev–Trinajstić information content (AvgIpc) is 2.48. The number of aliphatic hydroxyl groups excluding tert-OH is 2. The van der Waals surface area contributed by atoms with Crippen LogP contribution in [0, 0.1) is 0 Å². The van der Waals surface area contributed by atoms with Crippen molar-refractivity contribution in [1.29, 1.82) is 0 Å². The smallest absolute Gasteiger partial charge is 0.0681 e. The molecule has 0 saturated heterocycles. The lowest BCUT2D eigenvalue weighted by molar-refractivity contribution is 0.281. The maximum atomic E-state index is 9.07. The summed E-state index contributed by atoms with van der Waals surface area (Å²) in [6.45, 7) is 1.72. The molecule has 0 aliphatic heterocycles. The highest BCUT2D eigenvalue weighted by Crippen LogP contribution is 2.07. The second-order valence-electron chi connectivity index (χ2n) is 4.56. The molecule has 0 spiro atoms. The van der Waals surface area contributed by atoms with Gasteiger partial charge in [-0.15, -0.1) is 0 Å². The Morgan fingerprint density at radius 2 is 1.26 bits per heavy atom. The van der Waals surface area contributed by atoms with Gasteiger partial charge in [0.15, 0.2) is 0 Å². The van der Waals surface area contributed by atoms with E-state index in [1.807, 2.05) is 48.5 Å². The molecule has 3 N–H and O–H groups in total. The molecule has 0 aromatic heterocycles. The van der Waals surface area contributed by atoms with E-state index in [0.29, 0.717) is 0 Å². The predicted octanol–water partition coefficient (Wildman–Crippen LogP) is 1.96. The highest BCUT2D eigenvalue weighted by atomic mass is 16.3. The van der Waals surface area contributed by atoms with E-state index in [2.05, 4.69) is 5.32 Å². The van der Waals surface area contributed by atoms with Crippen LogP contribution in [0.4, 0.5) is 0 Å². The Balaban J connectivity index is 1.85. The maximum Gasteiger partial charge on any atom is 0.0681 e. The molecule has 3 nitrogen and oxygen atoms in total. The molecule has 2 aromatic rings. The number of nitrogens with one attached hydrogen (secondary N) is 1. The third-order valence-electron chi connectivity index (χ3n) is 3.04. The first-order chi connectivity index (χ1) is 9.31. The fourth-order valence-corrected chi connectivity index (χ4v) is 1.95. The predicted molar refractivity (Wildman–Crippen MR) is 75.3 cm³/mol. The van der Waals surface area contributed by atoms with Crippen molar-refractivity contribution in [2.45, 2.75) is 26.3 Å². The molecule has 0 fully saturated rings. The van der Waals surface area contributed by atoms with Gasteiger partial charge < -0.3 is 15.5 Å².